The zero-order valence-corrected chi connectivity index (χ0v) is 10.8. The Labute approximate surface area is 115 Å². The second kappa shape index (κ2) is 5.92. The van der Waals surface area contributed by atoms with Crippen molar-refractivity contribution in [1.82, 2.24) is 10.3 Å². The third-order valence-electron chi connectivity index (χ3n) is 2.76. The molecule has 20 heavy (non-hydrogen) atoms. The van der Waals surface area contributed by atoms with E-state index < -0.39 is 11.5 Å². The summed E-state index contributed by atoms with van der Waals surface area (Å²) >= 11 is 0. The van der Waals surface area contributed by atoms with Gasteiger partial charge in [0.25, 0.3) is 11.5 Å². The van der Waals surface area contributed by atoms with Crippen LogP contribution in [0.5, 0.6) is 11.5 Å². The minimum Gasteiger partial charge on any atom is -0.507 e. The fourth-order valence-corrected chi connectivity index (χ4v) is 1.66. The van der Waals surface area contributed by atoms with E-state index in [0.717, 1.165) is 17.4 Å². The molecule has 0 unspecified atom stereocenters. The average Bonchev–Trinajstić information content (AvgIpc) is 2.45. The number of pyridine rings is 1. The molecule has 6 nitrogen and oxygen atoms in total. The van der Waals surface area contributed by atoms with Crippen molar-refractivity contribution in [1.29, 1.82) is 0 Å². The number of H-pyrrole nitrogens is 1. The van der Waals surface area contributed by atoms with Crippen molar-refractivity contribution in [2.24, 2.45) is 0 Å². The molecule has 0 spiro atoms. The Hall–Kier alpha value is -2.76. The zero-order chi connectivity index (χ0) is 14.5. The minimum absolute atomic E-state index is 0.0260. The molecule has 0 atom stereocenters. The number of carbonyl (C=O) groups is 1. The van der Waals surface area contributed by atoms with E-state index in [1.54, 1.807) is 19.2 Å². The Morgan fingerprint density at radius 3 is 2.65 bits per heavy atom. The van der Waals surface area contributed by atoms with Gasteiger partial charge in [0.15, 0.2) is 0 Å². The first kappa shape index (κ1) is 13.7. The van der Waals surface area contributed by atoms with Gasteiger partial charge in [-0.15, -0.1) is 0 Å². The normalized spacial score (nSPS) is 10.1. The molecule has 0 bridgehead atoms. The summed E-state index contributed by atoms with van der Waals surface area (Å²) in [5, 5.41) is 12.2. The van der Waals surface area contributed by atoms with Gasteiger partial charge in [0.05, 0.1) is 12.7 Å². The SMILES string of the molecule is COc1ccc(CNC(=O)c2c[nH]c(=O)cc2O)cc1. The number of aromatic hydroxyl groups is 1. The van der Waals surface area contributed by atoms with Crippen LogP contribution in [0.25, 0.3) is 0 Å². The first-order chi connectivity index (χ1) is 9.60. The van der Waals surface area contributed by atoms with Gasteiger partial charge in [-0.25, -0.2) is 0 Å². The Bertz CT molecular complexity index is 662. The van der Waals surface area contributed by atoms with Crippen LogP contribution in [0.1, 0.15) is 15.9 Å². The van der Waals surface area contributed by atoms with Crippen molar-refractivity contribution in [2.45, 2.75) is 6.54 Å². The van der Waals surface area contributed by atoms with Gasteiger partial charge in [-0.3, -0.25) is 9.59 Å². The molecule has 1 aromatic heterocycles. The summed E-state index contributed by atoms with van der Waals surface area (Å²) in [6, 6.07) is 8.19. The molecule has 0 aliphatic heterocycles. The molecule has 2 aromatic rings. The lowest BCUT2D eigenvalue weighted by Gasteiger charge is -2.07. The highest BCUT2D eigenvalue weighted by atomic mass is 16.5. The van der Waals surface area contributed by atoms with Crippen LogP contribution in [0, 0.1) is 0 Å². The predicted octanol–water partition coefficient (Wildman–Crippen LogP) is 1.02. The average molecular weight is 274 g/mol. The highest BCUT2D eigenvalue weighted by Crippen LogP contribution is 2.13. The Morgan fingerprint density at radius 2 is 2.05 bits per heavy atom. The lowest BCUT2D eigenvalue weighted by molar-refractivity contribution is 0.0948. The maximum Gasteiger partial charge on any atom is 0.256 e. The number of aromatic amines is 1. The van der Waals surface area contributed by atoms with E-state index in [1.165, 1.54) is 6.20 Å². The summed E-state index contributed by atoms with van der Waals surface area (Å²) in [5.41, 5.74) is 0.454. The molecule has 0 saturated heterocycles. The number of methoxy groups -OCH3 is 1. The summed E-state index contributed by atoms with van der Waals surface area (Å²) in [5.74, 6) is -0.0751. The number of hydrogen-bond acceptors (Lipinski definition) is 4. The summed E-state index contributed by atoms with van der Waals surface area (Å²) in [4.78, 5) is 25.1. The molecule has 0 saturated carbocycles. The molecule has 1 heterocycles. The monoisotopic (exact) mass is 274 g/mol. The van der Waals surface area contributed by atoms with E-state index in [4.69, 9.17) is 4.74 Å². The van der Waals surface area contributed by atoms with E-state index in [2.05, 4.69) is 10.3 Å². The second-order valence-electron chi connectivity index (χ2n) is 4.13. The molecular formula is C14H14N2O4. The van der Waals surface area contributed by atoms with Gasteiger partial charge >= 0.3 is 0 Å². The smallest absolute Gasteiger partial charge is 0.256 e. The number of benzene rings is 1. The molecule has 3 N–H and O–H groups in total. The van der Waals surface area contributed by atoms with Gasteiger partial charge in [-0.05, 0) is 17.7 Å². The van der Waals surface area contributed by atoms with Crippen LogP contribution in [0.15, 0.2) is 41.3 Å². The molecule has 2 rings (SSSR count). The Morgan fingerprint density at radius 1 is 1.35 bits per heavy atom. The number of ether oxygens (including phenoxy) is 1. The number of rotatable bonds is 4. The quantitative estimate of drug-likeness (QED) is 0.776. The van der Waals surface area contributed by atoms with E-state index in [0.29, 0.717) is 6.54 Å². The largest absolute Gasteiger partial charge is 0.507 e. The maximum absolute atomic E-state index is 11.9. The highest BCUT2D eigenvalue weighted by Gasteiger charge is 2.11. The Kier molecular flexibility index (Phi) is 4.05. The maximum atomic E-state index is 11.9. The molecule has 0 radical (unpaired) electrons. The zero-order valence-electron chi connectivity index (χ0n) is 10.8. The van der Waals surface area contributed by atoms with Crippen molar-refractivity contribution >= 4 is 5.91 Å². The topological polar surface area (TPSA) is 91.4 Å². The van der Waals surface area contributed by atoms with Crippen molar-refractivity contribution in [2.75, 3.05) is 7.11 Å². The van der Waals surface area contributed by atoms with Gasteiger partial charge < -0.3 is 20.1 Å². The van der Waals surface area contributed by atoms with Crippen LogP contribution in [0.3, 0.4) is 0 Å². The van der Waals surface area contributed by atoms with Crippen molar-refractivity contribution < 1.29 is 14.6 Å². The van der Waals surface area contributed by atoms with E-state index >= 15 is 0 Å². The number of hydrogen-bond donors (Lipinski definition) is 3. The van der Waals surface area contributed by atoms with Gasteiger partial charge in [-0.2, -0.15) is 0 Å². The van der Waals surface area contributed by atoms with Crippen LogP contribution < -0.4 is 15.6 Å². The van der Waals surface area contributed by atoms with Crippen molar-refractivity contribution in [3.63, 3.8) is 0 Å². The van der Waals surface area contributed by atoms with Crippen molar-refractivity contribution in [3.05, 3.63) is 58.0 Å². The molecule has 6 heteroatoms. The first-order valence-corrected chi connectivity index (χ1v) is 5.93. The van der Waals surface area contributed by atoms with Gasteiger partial charge in [0.2, 0.25) is 0 Å². The van der Waals surface area contributed by atoms with Crippen molar-refractivity contribution in [3.8, 4) is 11.5 Å². The van der Waals surface area contributed by atoms with Crippen LogP contribution >= 0.6 is 0 Å². The fourth-order valence-electron chi connectivity index (χ4n) is 1.66. The fraction of sp³-hybridized carbons (Fsp3) is 0.143. The molecule has 104 valence electrons. The van der Waals surface area contributed by atoms with E-state index in [9.17, 15) is 14.7 Å². The molecular weight excluding hydrogens is 260 g/mol. The number of nitrogens with one attached hydrogen (secondary N) is 2. The summed E-state index contributed by atoms with van der Waals surface area (Å²) < 4.78 is 5.04. The lowest BCUT2D eigenvalue weighted by Crippen LogP contribution is -2.23. The lowest BCUT2D eigenvalue weighted by atomic mass is 10.2. The summed E-state index contributed by atoms with van der Waals surface area (Å²) in [7, 11) is 1.58. The van der Waals surface area contributed by atoms with Crippen LogP contribution in [-0.4, -0.2) is 23.1 Å². The third-order valence-corrected chi connectivity index (χ3v) is 2.76. The summed E-state index contributed by atoms with van der Waals surface area (Å²) in [6.45, 7) is 0.307. The van der Waals surface area contributed by atoms with Gasteiger partial charge in [0.1, 0.15) is 11.5 Å². The number of amides is 1. The molecule has 0 fully saturated rings. The number of aromatic nitrogens is 1. The Balaban J connectivity index is 2.02. The van der Waals surface area contributed by atoms with Crippen LogP contribution in [-0.2, 0) is 6.54 Å². The molecule has 1 aromatic carbocycles. The molecule has 1 amide bonds. The second-order valence-corrected chi connectivity index (χ2v) is 4.13. The van der Waals surface area contributed by atoms with Gasteiger partial charge in [-0.1, -0.05) is 12.1 Å². The summed E-state index contributed by atoms with van der Waals surface area (Å²) in [6.07, 6.45) is 1.18. The third kappa shape index (κ3) is 3.17. The number of carbonyl (C=O) groups excluding carboxylic acids is 1. The predicted molar refractivity (Wildman–Crippen MR) is 72.9 cm³/mol. The van der Waals surface area contributed by atoms with E-state index in [-0.39, 0.29) is 11.3 Å². The standard InChI is InChI=1S/C14H14N2O4/c1-20-10-4-2-9(3-5-10)7-16-14(19)11-8-15-13(18)6-12(11)17/h2-6,8H,7H2,1H3,(H,16,19)(H2,15,17,18). The van der Waals surface area contributed by atoms with Crippen LogP contribution in [0.2, 0.25) is 0 Å². The first-order valence-electron chi connectivity index (χ1n) is 5.93. The minimum atomic E-state index is -0.464. The molecule has 0 aliphatic rings. The van der Waals surface area contributed by atoms with Crippen LogP contribution in [0.4, 0.5) is 0 Å². The highest BCUT2D eigenvalue weighted by molar-refractivity contribution is 5.96. The molecule has 0 aliphatic carbocycles. The van der Waals surface area contributed by atoms with E-state index in [1.807, 2.05) is 12.1 Å². The van der Waals surface area contributed by atoms with Gasteiger partial charge in [0, 0.05) is 18.8 Å².